The molecule has 0 aromatic heterocycles. The van der Waals surface area contributed by atoms with Crippen LogP contribution < -0.4 is 10.5 Å². The summed E-state index contributed by atoms with van der Waals surface area (Å²) >= 11 is 0. The van der Waals surface area contributed by atoms with Crippen molar-refractivity contribution in [3.8, 4) is 5.75 Å². The number of hydrogen-bond acceptors (Lipinski definition) is 3. The summed E-state index contributed by atoms with van der Waals surface area (Å²) in [7, 11) is 1.65. The number of nitrogens with two attached hydrogens (primary N) is 1. The summed E-state index contributed by atoms with van der Waals surface area (Å²) in [5.74, 6) is 1.21. The molecule has 0 unspecified atom stereocenters. The Hall–Kier alpha value is -1.06. The minimum atomic E-state index is -0.421. The number of benzene rings is 1. The van der Waals surface area contributed by atoms with Crippen LogP contribution in [0.1, 0.15) is 36.4 Å². The molecule has 3 nitrogen and oxygen atoms in total. The van der Waals surface area contributed by atoms with Crippen molar-refractivity contribution < 1.29 is 9.84 Å². The quantitative estimate of drug-likeness (QED) is 0.841. The van der Waals surface area contributed by atoms with E-state index in [9.17, 15) is 5.11 Å². The molecule has 0 spiro atoms. The first-order valence-electron chi connectivity index (χ1n) is 6.21. The average molecular weight is 235 g/mol. The lowest BCUT2D eigenvalue weighted by atomic mass is 9.77. The Bertz CT molecular complexity index is 388. The zero-order valence-corrected chi connectivity index (χ0v) is 10.5. The molecule has 1 saturated carbocycles. The average Bonchev–Trinajstić information content (AvgIpc) is 2.25. The van der Waals surface area contributed by atoms with E-state index in [1.807, 2.05) is 25.1 Å². The fraction of sp³-hybridized carbons (Fsp3) is 0.571. The van der Waals surface area contributed by atoms with E-state index in [1.54, 1.807) is 7.11 Å². The minimum absolute atomic E-state index is 0.286. The van der Waals surface area contributed by atoms with Gasteiger partial charge in [0.2, 0.25) is 0 Å². The fourth-order valence-electron chi connectivity index (χ4n) is 2.41. The largest absolute Gasteiger partial charge is 0.497 e. The lowest BCUT2D eigenvalue weighted by Gasteiger charge is -2.34. The maximum Gasteiger partial charge on any atom is 0.119 e. The van der Waals surface area contributed by atoms with Crippen molar-refractivity contribution in [3.63, 3.8) is 0 Å². The van der Waals surface area contributed by atoms with Gasteiger partial charge in [0.1, 0.15) is 5.75 Å². The van der Waals surface area contributed by atoms with Crippen molar-refractivity contribution in [1.82, 2.24) is 0 Å². The van der Waals surface area contributed by atoms with E-state index in [0.29, 0.717) is 5.92 Å². The predicted octanol–water partition coefficient (Wildman–Crippen LogP) is 2.16. The molecule has 2 rings (SSSR count). The second-order valence-electron chi connectivity index (χ2n) is 4.93. The molecule has 0 bridgehead atoms. The molecule has 2 atom stereocenters. The van der Waals surface area contributed by atoms with Gasteiger partial charge in [-0.3, -0.25) is 0 Å². The zero-order chi connectivity index (χ0) is 12.4. The molecule has 0 amide bonds. The van der Waals surface area contributed by atoms with Crippen molar-refractivity contribution in [3.05, 3.63) is 29.3 Å². The van der Waals surface area contributed by atoms with Crippen molar-refractivity contribution in [2.75, 3.05) is 7.11 Å². The highest BCUT2D eigenvalue weighted by Crippen LogP contribution is 2.35. The molecule has 94 valence electrons. The molecule has 1 aliphatic rings. The number of rotatable bonds is 4. The number of ether oxygens (including phenoxy) is 1. The lowest BCUT2D eigenvalue weighted by Crippen LogP contribution is -2.36. The van der Waals surface area contributed by atoms with Gasteiger partial charge in [0.25, 0.3) is 0 Å². The summed E-state index contributed by atoms with van der Waals surface area (Å²) in [6, 6.07) is 5.53. The standard InChI is InChI=1S/C14H21NO2/c1-9-8-11(17-2)6-7-12(9)13(15)14(16)10-4-3-5-10/h6-8,10,13-14,16H,3-5,15H2,1-2H3/t13-,14+/m0/s1. The van der Waals surface area contributed by atoms with Crippen LogP contribution in [0, 0.1) is 12.8 Å². The molecule has 17 heavy (non-hydrogen) atoms. The van der Waals surface area contributed by atoms with Crippen LogP contribution in [-0.2, 0) is 0 Å². The van der Waals surface area contributed by atoms with Crippen LogP contribution in [-0.4, -0.2) is 18.3 Å². The summed E-state index contributed by atoms with van der Waals surface area (Å²) in [5, 5.41) is 10.2. The van der Waals surface area contributed by atoms with Gasteiger partial charge in [-0.1, -0.05) is 12.5 Å². The monoisotopic (exact) mass is 235 g/mol. The molecule has 1 aliphatic carbocycles. The zero-order valence-electron chi connectivity index (χ0n) is 10.5. The van der Waals surface area contributed by atoms with Gasteiger partial charge in [0.15, 0.2) is 0 Å². The summed E-state index contributed by atoms with van der Waals surface area (Å²) in [5.41, 5.74) is 8.25. The predicted molar refractivity (Wildman–Crippen MR) is 68.0 cm³/mol. The maximum absolute atomic E-state index is 10.2. The van der Waals surface area contributed by atoms with Gasteiger partial charge < -0.3 is 15.6 Å². The summed E-state index contributed by atoms with van der Waals surface area (Å²) in [6.45, 7) is 2.01. The van der Waals surface area contributed by atoms with E-state index < -0.39 is 6.10 Å². The fourth-order valence-corrected chi connectivity index (χ4v) is 2.41. The SMILES string of the molecule is COc1ccc([C@H](N)[C@H](O)C2CCC2)c(C)c1. The first-order valence-corrected chi connectivity index (χ1v) is 6.21. The van der Waals surface area contributed by atoms with E-state index in [-0.39, 0.29) is 6.04 Å². The third-order valence-electron chi connectivity index (χ3n) is 3.84. The second-order valence-corrected chi connectivity index (χ2v) is 4.93. The van der Waals surface area contributed by atoms with Gasteiger partial charge in [-0.2, -0.15) is 0 Å². The number of hydrogen-bond donors (Lipinski definition) is 2. The molecule has 0 saturated heterocycles. The molecule has 3 N–H and O–H groups in total. The molecule has 1 aromatic carbocycles. The molecule has 1 fully saturated rings. The topological polar surface area (TPSA) is 55.5 Å². The van der Waals surface area contributed by atoms with E-state index in [1.165, 1.54) is 6.42 Å². The van der Waals surface area contributed by atoms with Gasteiger partial charge in [-0.25, -0.2) is 0 Å². The van der Waals surface area contributed by atoms with Gasteiger partial charge >= 0.3 is 0 Å². The molecule has 1 aromatic rings. The Morgan fingerprint density at radius 2 is 2.12 bits per heavy atom. The van der Waals surface area contributed by atoms with Gasteiger partial charge in [-0.15, -0.1) is 0 Å². The van der Waals surface area contributed by atoms with Crippen LogP contribution in [0.5, 0.6) is 5.75 Å². The molecule has 0 aliphatic heterocycles. The third kappa shape index (κ3) is 2.45. The molecular weight excluding hydrogens is 214 g/mol. The number of aryl methyl sites for hydroxylation is 1. The number of aliphatic hydroxyl groups is 1. The van der Waals surface area contributed by atoms with Crippen molar-refractivity contribution in [2.45, 2.75) is 38.3 Å². The van der Waals surface area contributed by atoms with Gasteiger partial charge in [0.05, 0.1) is 19.3 Å². The van der Waals surface area contributed by atoms with E-state index in [0.717, 1.165) is 29.7 Å². The Morgan fingerprint density at radius 1 is 1.41 bits per heavy atom. The summed E-state index contributed by atoms with van der Waals surface area (Å²) in [4.78, 5) is 0. The van der Waals surface area contributed by atoms with Crippen LogP contribution in [0.3, 0.4) is 0 Å². The highest BCUT2D eigenvalue weighted by molar-refractivity contribution is 5.37. The molecule has 0 heterocycles. The van der Waals surface area contributed by atoms with Crippen LogP contribution in [0.2, 0.25) is 0 Å². The van der Waals surface area contributed by atoms with Gasteiger partial charge in [-0.05, 0) is 48.9 Å². The van der Waals surface area contributed by atoms with Crippen molar-refractivity contribution in [1.29, 1.82) is 0 Å². The van der Waals surface area contributed by atoms with Crippen LogP contribution >= 0.6 is 0 Å². The number of aliphatic hydroxyl groups excluding tert-OH is 1. The van der Waals surface area contributed by atoms with Crippen LogP contribution in [0.25, 0.3) is 0 Å². The Labute approximate surface area is 103 Å². The second kappa shape index (κ2) is 5.07. The highest BCUT2D eigenvalue weighted by atomic mass is 16.5. The molecular formula is C14H21NO2. The molecule has 3 heteroatoms. The van der Waals surface area contributed by atoms with E-state index in [4.69, 9.17) is 10.5 Å². The number of methoxy groups -OCH3 is 1. The van der Waals surface area contributed by atoms with Crippen LogP contribution in [0.15, 0.2) is 18.2 Å². The normalized spacial score (nSPS) is 19.5. The van der Waals surface area contributed by atoms with E-state index in [2.05, 4.69) is 0 Å². The third-order valence-corrected chi connectivity index (χ3v) is 3.84. The summed E-state index contributed by atoms with van der Waals surface area (Å²) < 4.78 is 5.17. The summed E-state index contributed by atoms with van der Waals surface area (Å²) in [6.07, 6.45) is 3.00. The van der Waals surface area contributed by atoms with Gasteiger partial charge in [0, 0.05) is 0 Å². The van der Waals surface area contributed by atoms with Crippen LogP contribution in [0.4, 0.5) is 0 Å². The Morgan fingerprint density at radius 3 is 2.59 bits per heavy atom. The lowest BCUT2D eigenvalue weighted by molar-refractivity contribution is 0.0412. The minimum Gasteiger partial charge on any atom is -0.497 e. The smallest absolute Gasteiger partial charge is 0.119 e. The highest BCUT2D eigenvalue weighted by Gasteiger charge is 2.31. The maximum atomic E-state index is 10.2. The Kier molecular flexibility index (Phi) is 3.69. The Balaban J connectivity index is 2.15. The van der Waals surface area contributed by atoms with Crippen molar-refractivity contribution in [2.24, 2.45) is 11.7 Å². The first-order chi connectivity index (χ1) is 8.13. The first kappa shape index (κ1) is 12.4. The van der Waals surface area contributed by atoms with Crippen molar-refractivity contribution >= 4 is 0 Å². The molecule has 0 radical (unpaired) electrons. The van der Waals surface area contributed by atoms with E-state index >= 15 is 0 Å².